The van der Waals surface area contributed by atoms with E-state index in [2.05, 4.69) is 15.5 Å². The highest BCUT2D eigenvalue weighted by Crippen LogP contribution is 2.23. The molecule has 6 nitrogen and oxygen atoms in total. The molecule has 3 aromatic rings. The standard InChI is InChI=1S/C22H25N3O3/c1-16(22(26)27-2)20(17-10-5-3-6-11-17)23-15-9-14-19-24-21(25-28-19)18-12-7-4-8-13-18/h3-8,10-13,16,20,23H,9,14-15H2,1-2H3/t16-,20+/m0/s1. The maximum atomic E-state index is 12.0. The van der Waals surface area contributed by atoms with E-state index in [-0.39, 0.29) is 17.9 Å². The van der Waals surface area contributed by atoms with Crippen molar-refractivity contribution in [3.8, 4) is 11.4 Å². The predicted molar refractivity (Wildman–Crippen MR) is 106 cm³/mol. The van der Waals surface area contributed by atoms with Crippen LogP contribution in [0.2, 0.25) is 0 Å². The number of hydrogen-bond donors (Lipinski definition) is 1. The first-order valence-electron chi connectivity index (χ1n) is 9.43. The molecule has 0 radical (unpaired) electrons. The van der Waals surface area contributed by atoms with Gasteiger partial charge in [-0.15, -0.1) is 0 Å². The molecule has 0 aliphatic carbocycles. The number of aromatic nitrogens is 2. The lowest BCUT2D eigenvalue weighted by Gasteiger charge is -2.24. The Morgan fingerprint density at radius 3 is 2.46 bits per heavy atom. The molecule has 6 heteroatoms. The van der Waals surface area contributed by atoms with Gasteiger partial charge in [-0.1, -0.05) is 72.7 Å². The van der Waals surface area contributed by atoms with E-state index in [1.54, 1.807) is 0 Å². The Morgan fingerprint density at radius 1 is 1.11 bits per heavy atom. The molecule has 0 aliphatic heterocycles. The molecule has 28 heavy (non-hydrogen) atoms. The molecule has 0 saturated heterocycles. The third kappa shape index (κ3) is 5.04. The maximum absolute atomic E-state index is 12.0. The minimum atomic E-state index is -0.291. The lowest BCUT2D eigenvalue weighted by molar-refractivity contribution is -0.145. The number of hydrogen-bond acceptors (Lipinski definition) is 6. The topological polar surface area (TPSA) is 77.2 Å². The summed E-state index contributed by atoms with van der Waals surface area (Å²) < 4.78 is 10.3. The third-order valence-electron chi connectivity index (χ3n) is 4.66. The Balaban J connectivity index is 1.56. The van der Waals surface area contributed by atoms with E-state index in [1.807, 2.05) is 67.6 Å². The van der Waals surface area contributed by atoms with Gasteiger partial charge in [0.05, 0.1) is 13.0 Å². The zero-order valence-corrected chi connectivity index (χ0v) is 16.2. The lowest BCUT2D eigenvalue weighted by Crippen LogP contribution is -2.32. The maximum Gasteiger partial charge on any atom is 0.310 e. The van der Waals surface area contributed by atoms with Crippen LogP contribution in [0.25, 0.3) is 11.4 Å². The van der Waals surface area contributed by atoms with Crippen LogP contribution >= 0.6 is 0 Å². The first-order valence-corrected chi connectivity index (χ1v) is 9.43. The van der Waals surface area contributed by atoms with Gasteiger partial charge in [0.2, 0.25) is 11.7 Å². The summed E-state index contributed by atoms with van der Waals surface area (Å²) in [6.45, 7) is 2.59. The van der Waals surface area contributed by atoms with Gasteiger partial charge in [0.1, 0.15) is 0 Å². The largest absolute Gasteiger partial charge is 0.469 e. The second-order valence-corrected chi connectivity index (χ2v) is 6.64. The average Bonchev–Trinajstić information content (AvgIpc) is 3.23. The Bertz CT molecular complexity index is 865. The van der Waals surface area contributed by atoms with Gasteiger partial charge in [0.15, 0.2) is 0 Å². The fraction of sp³-hybridized carbons (Fsp3) is 0.318. The number of esters is 1. The Kier molecular flexibility index (Phi) is 6.92. The van der Waals surface area contributed by atoms with Gasteiger partial charge >= 0.3 is 5.97 Å². The molecule has 146 valence electrons. The van der Waals surface area contributed by atoms with Crippen LogP contribution in [0.4, 0.5) is 0 Å². The summed E-state index contributed by atoms with van der Waals surface area (Å²) in [6, 6.07) is 19.6. The van der Waals surface area contributed by atoms with Crippen LogP contribution in [-0.4, -0.2) is 29.8 Å². The molecular formula is C22H25N3O3. The molecule has 0 unspecified atom stereocenters. The molecule has 0 aliphatic rings. The number of nitrogens with one attached hydrogen (secondary N) is 1. The van der Waals surface area contributed by atoms with E-state index < -0.39 is 0 Å². The van der Waals surface area contributed by atoms with Gasteiger partial charge in [-0.05, 0) is 18.5 Å². The van der Waals surface area contributed by atoms with Crippen molar-refractivity contribution in [1.29, 1.82) is 0 Å². The Labute approximate surface area is 164 Å². The molecule has 0 amide bonds. The second kappa shape index (κ2) is 9.80. The van der Waals surface area contributed by atoms with Gasteiger partial charge in [0.25, 0.3) is 0 Å². The molecule has 1 heterocycles. The van der Waals surface area contributed by atoms with Crippen molar-refractivity contribution in [2.45, 2.75) is 25.8 Å². The third-order valence-corrected chi connectivity index (χ3v) is 4.66. The second-order valence-electron chi connectivity index (χ2n) is 6.64. The van der Waals surface area contributed by atoms with E-state index in [1.165, 1.54) is 7.11 Å². The first-order chi connectivity index (χ1) is 13.7. The summed E-state index contributed by atoms with van der Waals surface area (Å²) in [6.07, 6.45) is 1.48. The van der Waals surface area contributed by atoms with Gasteiger partial charge < -0.3 is 14.6 Å². The number of carbonyl (C=O) groups excluding carboxylic acids is 1. The van der Waals surface area contributed by atoms with Crippen LogP contribution in [0.1, 0.15) is 30.8 Å². The van der Waals surface area contributed by atoms with Crippen molar-refractivity contribution >= 4 is 5.97 Å². The van der Waals surface area contributed by atoms with Crippen molar-refractivity contribution in [2.75, 3.05) is 13.7 Å². The number of carbonyl (C=O) groups is 1. The average molecular weight is 379 g/mol. The van der Waals surface area contributed by atoms with Gasteiger partial charge in [-0.25, -0.2) is 0 Å². The van der Waals surface area contributed by atoms with Crippen molar-refractivity contribution in [3.05, 3.63) is 72.1 Å². The van der Waals surface area contributed by atoms with Crippen molar-refractivity contribution in [2.24, 2.45) is 5.92 Å². The Morgan fingerprint density at radius 2 is 1.79 bits per heavy atom. The summed E-state index contributed by atoms with van der Waals surface area (Å²) in [5.41, 5.74) is 2.00. The van der Waals surface area contributed by atoms with Crippen molar-refractivity contribution in [3.63, 3.8) is 0 Å². The zero-order valence-electron chi connectivity index (χ0n) is 16.2. The van der Waals surface area contributed by atoms with Crippen molar-refractivity contribution < 1.29 is 14.1 Å². The quantitative estimate of drug-likeness (QED) is 0.450. The highest BCUT2D eigenvalue weighted by molar-refractivity contribution is 5.73. The summed E-state index contributed by atoms with van der Waals surface area (Å²) in [7, 11) is 1.42. The van der Waals surface area contributed by atoms with E-state index in [0.717, 1.165) is 17.5 Å². The van der Waals surface area contributed by atoms with Crippen LogP contribution in [0, 0.1) is 5.92 Å². The molecular weight excluding hydrogens is 354 g/mol. The lowest BCUT2D eigenvalue weighted by atomic mass is 9.94. The smallest absolute Gasteiger partial charge is 0.310 e. The number of aryl methyl sites for hydroxylation is 1. The minimum Gasteiger partial charge on any atom is -0.469 e. The van der Waals surface area contributed by atoms with Crippen LogP contribution in [0.5, 0.6) is 0 Å². The summed E-state index contributed by atoms with van der Waals surface area (Å²) in [5, 5.41) is 7.51. The summed E-state index contributed by atoms with van der Waals surface area (Å²) in [4.78, 5) is 16.5. The van der Waals surface area contributed by atoms with E-state index in [0.29, 0.717) is 24.7 Å². The molecule has 0 spiro atoms. The zero-order chi connectivity index (χ0) is 19.8. The summed E-state index contributed by atoms with van der Waals surface area (Å²) >= 11 is 0. The molecule has 3 rings (SSSR count). The molecule has 0 saturated carbocycles. The van der Waals surface area contributed by atoms with Crippen molar-refractivity contribution in [1.82, 2.24) is 15.5 Å². The number of benzene rings is 2. The minimum absolute atomic E-state index is 0.115. The van der Waals surface area contributed by atoms with E-state index in [9.17, 15) is 4.79 Å². The predicted octanol–water partition coefficient (Wildman–Crippen LogP) is 3.81. The molecule has 0 bridgehead atoms. The molecule has 1 aromatic heterocycles. The molecule has 2 aromatic carbocycles. The fourth-order valence-electron chi connectivity index (χ4n) is 3.12. The monoisotopic (exact) mass is 379 g/mol. The normalized spacial score (nSPS) is 13.1. The van der Waals surface area contributed by atoms with Gasteiger partial charge in [-0.2, -0.15) is 4.98 Å². The molecule has 0 fully saturated rings. The molecule has 1 N–H and O–H groups in total. The van der Waals surface area contributed by atoms with Crippen LogP contribution in [-0.2, 0) is 16.0 Å². The SMILES string of the molecule is COC(=O)[C@@H](C)[C@@H](NCCCc1nc(-c2ccccc2)no1)c1ccccc1. The van der Waals surface area contributed by atoms with Crippen LogP contribution in [0.3, 0.4) is 0 Å². The Hall–Kier alpha value is -2.99. The first kappa shape index (κ1) is 19.8. The van der Waals surface area contributed by atoms with E-state index in [4.69, 9.17) is 9.26 Å². The highest BCUT2D eigenvalue weighted by atomic mass is 16.5. The number of rotatable bonds is 9. The van der Waals surface area contributed by atoms with E-state index >= 15 is 0 Å². The van der Waals surface area contributed by atoms with Gasteiger partial charge in [0, 0.05) is 18.0 Å². The summed E-state index contributed by atoms with van der Waals surface area (Å²) in [5.74, 6) is 0.689. The highest BCUT2D eigenvalue weighted by Gasteiger charge is 2.25. The van der Waals surface area contributed by atoms with Crippen LogP contribution < -0.4 is 5.32 Å². The molecule has 2 atom stereocenters. The fourth-order valence-corrected chi connectivity index (χ4v) is 3.12. The van der Waals surface area contributed by atoms with Crippen LogP contribution in [0.15, 0.2) is 65.2 Å². The number of nitrogens with zero attached hydrogens (tertiary/aromatic N) is 2. The van der Waals surface area contributed by atoms with Gasteiger partial charge in [-0.3, -0.25) is 4.79 Å². The number of methoxy groups -OCH3 is 1. The number of ether oxygens (including phenoxy) is 1.